The second kappa shape index (κ2) is 6.52. The second-order valence-corrected chi connectivity index (χ2v) is 1.45. The van der Waals surface area contributed by atoms with Crippen LogP contribution in [-0.2, 0) is 0 Å². The molecule has 1 rings (SSSR count). The van der Waals surface area contributed by atoms with E-state index in [0.717, 1.165) is 0 Å². The summed E-state index contributed by atoms with van der Waals surface area (Å²) < 4.78 is 0. The molecule has 0 spiro atoms. The van der Waals surface area contributed by atoms with Crippen LogP contribution in [0.5, 0.6) is 0 Å². The van der Waals surface area contributed by atoms with Crippen LogP contribution in [0, 0.1) is 6.20 Å². The minimum atomic E-state index is -1.25. The van der Waals surface area contributed by atoms with Crippen molar-refractivity contribution in [1.29, 1.82) is 0 Å². The van der Waals surface area contributed by atoms with E-state index in [1.807, 2.05) is 0 Å². The van der Waals surface area contributed by atoms with E-state index in [-0.39, 0.29) is 43.3 Å². The van der Waals surface area contributed by atoms with Crippen LogP contribution in [0.1, 0.15) is 10.4 Å². The first-order valence-electron chi connectivity index (χ1n) is 2.35. The molecule has 0 aliphatic rings. The molecule has 46 valence electrons. The monoisotopic (exact) mass is 135 g/mol. The number of nitrogens with zero attached hydrogens (tertiary/aromatic N) is 1. The van der Waals surface area contributed by atoms with Gasteiger partial charge < -0.3 is 14.9 Å². The molecule has 1 heterocycles. The van der Waals surface area contributed by atoms with Crippen molar-refractivity contribution < 1.29 is 47.6 Å². The molecule has 0 aliphatic heterocycles. The molecule has 3 nitrogen and oxygen atoms in total. The number of carboxylic acids is 1. The first kappa shape index (κ1) is 13.4. The topological polar surface area (TPSA) is 53.0 Å². The van der Waals surface area contributed by atoms with E-state index in [2.05, 4.69) is 11.2 Å². The van der Waals surface area contributed by atoms with Crippen LogP contribution >= 0.6 is 0 Å². The molecule has 0 fully saturated rings. The van der Waals surface area contributed by atoms with Gasteiger partial charge in [-0.15, -0.1) is 17.7 Å². The average Bonchev–Trinajstić information content (AvgIpc) is 1.90. The van der Waals surface area contributed by atoms with E-state index in [4.69, 9.17) is 0 Å². The fourth-order valence-electron chi connectivity index (χ4n) is 0.440. The molecule has 0 bridgehead atoms. The molecule has 0 saturated heterocycles. The Morgan fingerprint density at radius 2 is 2.18 bits per heavy atom. The summed E-state index contributed by atoms with van der Waals surface area (Å²) in [6.45, 7) is 0. The van der Waals surface area contributed by atoms with E-state index in [1.165, 1.54) is 18.3 Å². The van der Waals surface area contributed by atoms with Crippen LogP contribution in [0.3, 0.4) is 0 Å². The molecule has 5 heteroatoms. The van der Waals surface area contributed by atoms with E-state index in [1.54, 1.807) is 0 Å². The second-order valence-electron chi connectivity index (χ2n) is 1.45. The Bertz CT molecular complexity index is 215. The number of carboxylic acid groups (broad SMARTS) is 1. The zero-order valence-electron chi connectivity index (χ0n) is 6.50. The van der Waals surface area contributed by atoms with Crippen LogP contribution in [0.15, 0.2) is 18.3 Å². The van der Waals surface area contributed by atoms with E-state index < -0.39 is 5.97 Å². The summed E-state index contributed by atoms with van der Waals surface area (Å²) in [5, 5.41) is 10.0. The molecule has 11 heavy (non-hydrogen) atoms. The summed E-state index contributed by atoms with van der Waals surface area (Å²) in [5.41, 5.74) is -0.0162. The quantitative estimate of drug-likeness (QED) is 0.284. The van der Waals surface area contributed by atoms with Crippen molar-refractivity contribution in [3.05, 3.63) is 30.1 Å². The number of rotatable bonds is 1. The van der Waals surface area contributed by atoms with Gasteiger partial charge >= 0.3 is 37.7 Å². The molecule has 0 radical (unpaired) electrons. The van der Waals surface area contributed by atoms with Crippen LogP contribution in [0.4, 0.5) is 0 Å². The molecular formula is C6H3Li2NO2. The van der Waals surface area contributed by atoms with Gasteiger partial charge in [0.1, 0.15) is 0 Å². The van der Waals surface area contributed by atoms with Crippen molar-refractivity contribution in [3.8, 4) is 0 Å². The summed E-state index contributed by atoms with van der Waals surface area (Å²) >= 11 is 0. The van der Waals surface area contributed by atoms with Crippen molar-refractivity contribution in [3.63, 3.8) is 0 Å². The Morgan fingerprint density at radius 3 is 2.45 bits per heavy atom. The van der Waals surface area contributed by atoms with Gasteiger partial charge in [0.05, 0.1) is 0 Å². The third-order valence-corrected chi connectivity index (χ3v) is 0.828. The number of hydrogen-bond donors (Lipinski definition) is 0. The standard InChI is InChI=1S/C6H4NO2.2Li/c8-6(9)5-2-1-3-7-4-5;;/h1-3H,(H,8,9);;/q-1;2*+1/p-1. The van der Waals surface area contributed by atoms with Crippen LogP contribution in [-0.4, -0.2) is 11.0 Å². The van der Waals surface area contributed by atoms with Gasteiger partial charge in [-0.1, -0.05) is 6.20 Å². The third kappa shape index (κ3) is 4.29. The van der Waals surface area contributed by atoms with Crippen molar-refractivity contribution in [1.82, 2.24) is 4.98 Å². The summed E-state index contributed by atoms with van der Waals surface area (Å²) in [5.74, 6) is -1.25. The largest absolute Gasteiger partial charge is 1.00 e. The Labute approximate surface area is 88.6 Å². The number of pyridine rings is 1. The SMILES string of the molecule is O=C([O-])c1[c-]nccc1.[Li+].[Li+]. The zero-order valence-corrected chi connectivity index (χ0v) is 6.50. The predicted molar refractivity (Wildman–Crippen MR) is 27.4 cm³/mol. The zero-order chi connectivity index (χ0) is 6.69. The van der Waals surface area contributed by atoms with Crippen molar-refractivity contribution in [2.45, 2.75) is 0 Å². The van der Waals surface area contributed by atoms with Crippen molar-refractivity contribution in [2.24, 2.45) is 0 Å². The summed E-state index contributed by atoms with van der Waals surface area (Å²) in [7, 11) is 0. The summed E-state index contributed by atoms with van der Waals surface area (Å²) in [6.07, 6.45) is 3.71. The van der Waals surface area contributed by atoms with Gasteiger partial charge in [-0.2, -0.15) is 0 Å². The van der Waals surface area contributed by atoms with Crippen LogP contribution in [0.2, 0.25) is 0 Å². The number of hydrogen-bond acceptors (Lipinski definition) is 3. The molecule has 0 unspecified atom stereocenters. The molecule has 0 atom stereocenters. The van der Waals surface area contributed by atoms with Gasteiger partial charge in [0, 0.05) is 0 Å². The number of carbonyl (C=O) groups is 1. The van der Waals surface area contributed by atoms with Gasteiger partial charge in [-0.3, -0.25) is 0 Å². The number of aromatic carboxylic acids is 1. The minimum absolute atomic E-state index is 0. The van der Waals surface area contributed by atoms with Crippen molar-refractivity contribution >= 4 is 5.97 Å². The number of carbonyl (C=O) groups excluding carboxylic acids is 1. The predicted octanol–water partition coefficient (Wildman–Crippen LogP) is -6.75. The fraction of sp³-hybridized carbons (Fsp3) is 0. The Hall–Kier alpha value is -0.185. The Morgan fingerprint density at radius 1 is 1.55 bits per heavy atom. The van der Waals surface area contributed by atoms with Gasteiger partial charge in [-0.05, 0) is 12.2 Å². The van der Waals surface area contributed by atoms with Crippen molar-refractivity contribution in [2.75, 3.05) is 0 Å². The molecule has 1 aromatic heterocycles. The third-order valence-electron chi connectivity index (χ3n) is 0.828. The Balaban J connectivity index is 0. The normalized spacial score (nSPS) is 7.27. The molecule has 1 aromatic rings. The summed E-state index contributed by atoms with van der Waals surface area (Å²) in [6, 6.07) is 2.89. The Kier molecular flexibility index (Phi) is 7.95. The smallest absolute Gasteiger partial charge is 0.603 e. The van der Waals surface area contributed by atoms with E-state index in [0.29, 0.717) is 0 Å². The van der Waals surface area contributed by atoms with Crippen LogP contribution < -0.4 is 42.8 Å². The molecule has 0 aliphatic carbocycles. The first-order valence-corrected chi connectivity index (χ1v) is 2.35. The van der Waals surface area contributed by atoms with Crippen LogP contribution in [0.25, 0.3) is 0 Å². The molecular weight excluding hydrogens is 132 g/mol. The molecule has 0 saturated carbocycles. The summed E-state index contributed by atoms with van der Waals surface area (Å²) in [4.78, 5) is 13.5. The van der Waals surface area contributed by atoms with Gasteiger partial charge in [0.2, 0.25) is 0 Å². The fourth-order valence-corrected chi connectivity index (χ4v) is 0.440. The molecule has 0 aromatic carbocycles. The maximum Gasteiger partial charge on any atom is 1.00 e. The van der Waals surface area contributed by atoms with Gasteiger partial charge in [-0.25, -0.2) is 0 Å². The molecule has 0 N–H and O–H groups in total. The van der Waals surface area contributed by atoms with E-state index in [9.17, 15) is 9.90 Å². The maximum atomic E-state index is 10.0. The maximum absolute atomic E-state index is 10.0. The average molecular weight is 135 g/mol. The number of aromatic nitrogens is 1. The van der Waals surface area contributed by atoms with Gasteiger partial charge in [0.15, 0.2) is 0 Å². The van der Waals surface area contributed by atoms with Gasteiger partial charge in [0.25, 0.3) is 0 Å². The van der Waals surface area contributed by atoms with E-state index >= 15 is 0 Å². The minimum Gasteiger partial charge on any atom is -0.603 e. The first-order chi connectivity index (χ1) is 4.30. The molecule has 0 amide bonds.